The molecular weight excluding hydrogens is 645 g/mol. The highest BCUT2D eigenvalue weighted by Crippen LogP contribution is 2.23. The maximum Gasteiger partial charge on any atom is 0.330 e. The van der Waals surface area contributed by atoms with Crippen LogP contribution in [0.2, 0.25) is 0 Å². The number of hydrogen-bond acceptors (Lipinski definition) is 5. The summed E-state index contributed by atoms with van der Waals surface area (Å²) in [6.45, 7) is 10.1. The van der Waals surface area contributed by atoms with Crippen LogP contribution in [0.1, 0.15) is 66.0 Å². The van der Waals surface area contributed by atoms with Crippen molar-refractivity contribution in [2.75, 3.05) is 19.8 Å². The molecule has 0 atom stereocenters. The monoisotopic (exact) mass is 684 g/mol. The zero-order valence-electron chi connectivity index (χ0n) is 29.4. The van der Waals surface area contributed by atoms with E-state index in [1.807, 2.05) is 48.5 Å². The van der Waals surface area contributed by atoms with Gasteiger partial charge in [-0.3, -0.25) is 0 Å². The minimum atomic E-state index is -0.425. The maximum absolute atomic E-state index is 11.1. The number of fused-ring (bicyclic) bond motifs is 2. The van der Waals surface area contributed by atoms with Crippen molar-refractivity contribution in [2.45, 2.75) is 39.0 Å². The van der Waals surface area contributed by atoms with Crippen LogP contribution < -0.4 is 4.74 Å². The van der Waals surface area contributed by atoms with Gasteiger partial charge in [0.05, 0.1) is 19.8 Å². The van der Waals surface area contributed by atoms with Crippen LogP contribution in [0, 0.1) is 35.5 Å². The van der Waals surface area contributed by atoms with E-state index in [1.165, 1.54) is 6.08 Å². The van der Waals surface area contributed by atoms with E-state index >= 15 is 0 Å². The van der Waals surface area contributed by atoms with Gasteiger partial charge in [-0.25, -0.2) is 9.59 Å². The molecule has 0 saturated carbocycles. The lowest BCUT2D eigenvalue weighted by Gasteiger charge is -2.08. The zero-order valence-corrected chi connectivity index (χ0v) is 29.4. The summed E-state index contributed by atoms with van der Waals surface area (Å²) in [5.41, 5.74) is 5.97. The van der Waals surface area contributed by atoms with Crippen molar-refractivity contribution >= 4 is 33.5 Å². The third-order valence-corrected chi connectivity index (χ3v) is 8.14. The summed E-state index contributed by atoms with van der Waals surface area (Å²) >= 11 is 0. The number of ether oxygens (including phenoxy) is 3. The molecule has 0 heterocycles. The Hall–Kier alpha value is -6.48. The highest BCUT2D eigenvalue weighted by molar-refractivity contribution is 5.86. The number of unbranched alkanes of at least 4 members (excludes halogenated alkanes) is 2. The van der Waals surface area contributed by atoms with E-state index in [9.17, 15) is 9.59 Å². The van der Waals surface area contributed by atoms with E-state index in [-0.39, 0.29) is 5.97 Å². The number of esters is 2. The summed E-state index contributed by atoms with van der Waals surface area (Å²) in [6.07, 6.45) is 6.18. The molecular formula is C47H40O5. The second kappa shape index (κ2) is 19.1. The first-order valence-corrected chi connectivity index (χ1v) is 17.4. The molecule has 5 aromatic carbocycles. The van der Waals surface area contributed by atoms with Crippen LogP contribution in [-0.4, -0.2) is 31.8 Å². The topological polar surface area (TPSA) is 61.8 Å². The maximum atomic E-state index is 11.1. The molecule has 0 spiro atoms. The average Bonchev–Trinajstić information content (AvgIpc) is 3.18. The van der Waals surface area contributed by atoms with E-state index in [2.05, 4.69) is 98.1 Å². The van der Waals surface area contributed by atoms with Gasteiger partial charge in [0.1, 0.15) is 5.75 Å². The van der Waals surface area contributed by atoms with E-state index in [0.717, 1.165) is 92.4 Å². The third-order valence-electron chi connectivity index (χ3n) is 8.14. The van der Waals surface area contributed by atoms with Crippen LogP contribution in [0.15, 0.2) is 116 Å². The van der Waals surface area contributed by atoms with Gasteiger partial charge in [0.2, 0.25) is 0 Å². The Kier molecular flexibility index (Phi) is 13.5. The molecule has 0 fully saturated rings. The highest BCUT2D eigenvalue weighted by Gasteiger charge is 2.03. The molecule has 0 amide bonds. The molecule has 0 aliphatic rings. The van der Waals surface area contributed by atoms with Gasteiger partial charge in [0.25, 0.3) is 0 Å². The van der Waals surface area contributed by atoms with E-state index < -0.39 is 5.97 Å². The Morgan fingerprint density at radius 2 is 1.10 bits per heavy atom. The van der Waals surface area contributed by atoms with Gasteiger partial charge in [-0.1, -0.05) is 79.9 Å². The second-order valence-electron chi connectivity index (χ2n) is 11.9. The van der Waals surface area contributed by atoms with Gasteiger partial charge < -0.3 is 14.2 Å². The zero-order chi connectivity index (χ0) is 36.5. The summed E-state index contributed by atoms with van der Waals surface area (Å²) in [4.78, 5) is 22.2. The van der Waals surface area contributed by atoms with Crippen molar-refractivity contribution in [1.82, 2.24) is 0 Å². The molecule has 258 valence electrons. The van der Waals surface area contributed by atoms with Gasteiger partial charge in [-0.15, -0.1) is 0 Å². The van der Waals surface area contributed by atoms with Crippen molar-refractivity contribution in [3.05, 3.63) is 150 Å². The van der Waals surface area contributed by atoms with Crippen LogP contribution in [0.3, 0.4) is 0 Å². The molecule has 0 aromatic heterocycles. The van der Waals surface area contributed by atoms with Crippen LogP contribution >= 0.6 is 0 Å². The molecule has 5 aromatic rings. The molecule has 52 heavy (non-hydrogen) atoms. The van der Waals surface area contributed by atoms with E-state index in [0.29, 0.717) is 26.2 Å². The van der Waals surface area contributed by atoms with Crippen molar-refractivity contribution in [1.29, 1.82) is 0 Å². The summed E-state index contributed by atoms with van der Waals surface area (Å²) < 4.78 is 15.8. The number of aryl methyl sites for hydroxylation is 1. The highest BCUT2D eigenvalue weighted by atomic mass is 16.5. The Balaban J connectivity index is 1.18. The summed E-state index contributed by atoms with van der Waals surface area (Å²) in [7, 11) is 0. The van der Waals surface area contributed by atoms with Crippen molar-refractivity contribution in [2.24, 2.45) is 0 Å². The molecule has 0 unspecified atom stereocenters. The average molecular weight is 685 g/mol. The second-order valence-corrected chi connectivity index (χ2v) is 11.9. The number of hydrogen-bond donors (Lipinski definition) is 0. The summed E-state index contributed by atoms with van der Waals surface area (Å²) in [5.74, 6) is 19.8. The molecule has 0 aliphatic heterocycles. The Morgan fingerprint density at radius 3 is 1.71 bits per heavy atom. The lowest BCUT2D eigenvalue weighted by atomic mass is 10.0. The summed E-state index contributed by atoms with van der Waals surface area (Å²) in [5, 5.41) is 4.38. The minimum absolute atomic E-state index is 0.296. The lowest BCUT2D eigenvalue weighted by Crippen LogP contribution is -2.06. The molecule has 0 saturated heterocycles. The van der Waals surface area contributed by atoms with Gasteiger partial charge in [-0.05, 0) is 113 Å². The fourth-order valence-corrected chi connectivity index (χ4v) is 5.35. The predicted octanol–water partition coefficient (Wildman–Crippen LogP) is 9.10. The first-order chi connectivity index (χ1) is 25.4. The smallest absolute Gasteiger partial charge is 0.330 e. The Bertz CT molecular complexity index is 2300. The standard InChI is InChI=1S/C47H40O5/c1-4-39-30-36(13-14-37-19-24-44-34-45(26-25-43(44)32-37)50-28-11-29-52-47(49)6-3)15-20-40(39)21-16-38-18-23-41-31-35(17-22-42(41)33-38)12-9-7-8-10-27-51-46(48)5-2/h5-6,15,17-20,22-26,30-34H,2-4,7-8,10-11,27-29H2,1H3. The Morgan fingerprint density at radius 1 is 0.577 bits per heavy atom. The molecule has 5 rings (SSSR count). The van der Waals surface area contributed by atoms with Crippen molar-refractivity contribution in [3.8, 4) is 41.3 Å². The van der Waals surface area contributed by atoms with Crippen LogP contribution in [0.5, 0.6) is 5.75 Å². The van der Waals surface area contributed by atoms with Crippen LogP contribution in [0.4, 0.5) is 0 Å². The van der Waals surface area contributed by atoms with Gasteiger partial charge >= 0.3 is 11.9 Å². The first kappa shape index (κ1) is 36.8. The number of carbonyl (C=O) groups excluding carboxylic acids is 2. The fourth-order valence-electron chi connectivity index (χ4n) is 5.35. The van der Waals surface area contributed by atoms with Crippen molar-refractivity contribution < 1.29 is 23.8 Å². The summed E-state index contributed by atoms with van der Waals surface area (Å²) in [6, 6.07) is 30.8. The van der Waals surface area contributed by atoms with Crippen molar-refractivity contribution in [3.63, 3.8) is 0 Å². The first-order valence-electron chi connectivity index (χ1n) is 17.4. The molecule has 0 bridgehead atoms. The molecule has 0 N–H and O–H groups in total. The fraction of sp³-hybridized carbons (Fsp3) is 0.191. The predicted molar refractivity (Wildman–Crippen MR) is 209 cm³/mol. The number of carbonyl (C=O) groups is 2. The number of rotatable bonds is 12. The lowest BCUT2D eigenvalue weighted by molar-refractivity contribution is -0.138. The number of benzene rings is 5. The minimum Gasteiger partial charge on any atom is -0.493 e. The molecule has 5 heteroatoms. The normalized spacial score (nSPS) is 10.1. The van der Waals surface area contributed by atoms with Gasteiger partial charge in [0.15, 0.2) is 0 Å². The van der Waals surface area contributed by atoms with E-state index in [4.69, 9.17) is 14.2 Å². The third kappa shape index (κ3) is 11.0. The SMILES string of the molecule is C=CC(=O)OCCCCC#Cc1ccc2cc(C#Cc3ccc(C#Cc4ccc5cc(OCCCOC(=O)C=C)ccc5c4)cc3CC)ccc2c1. The molecule has 0 aliphatic carbocycles. The molecule has 5 nitrogen and oxygen atoms in total. The quantitative estimate of drug-likeness (QED) is 0.0568. The van der Waals surface area contributed by atoms with Gasteiger partial charge in [0, 0.05) is 52.8 Å². The van der Waals surface area contributed by atoms with Crippen LogP contribution in [-0.2, 0) is 25.5 Å². The van der Waals surface area contributed by atoms with E-state index in [1.54, 1.807) is 0 Å². The van der Waals surface area contributed by atoms with Crippen LogP contribution in [0.25, 0.3) is 21.5 Å². The van der Waals surface area contributed by atoms with Gasteiger partial charge in [-0.2, -0.15) is 0 Å². The Labute approximate surface area is 306 Å². The largest absolute Gasteiger partial charge is 0.493 e. The molecule has 0 radical (unpaired) electrons.